The van der Waals surface area contributed by atoms with Gasteiger partial charge < -0.3 is 11.0 Å². The third kappa shape index (κ3) is 53.8. The molecule has 2 nitrogen and oxygen atoms in total. The standard InChI is InChI=1S/2Be.2H2O/h;;2*1H2/q2*+2;;/p-2. The maximum atomic E-state index is 0. The van der Waals surface area contributed by atoms with E-state index in [1.165, 1.54) is 0 Å². The van der Waals surface area contributed by atoms with Gasteiger partial charge in [0.1, 0.15) is 0 Å². The predicted octanol–water partition coefficient (Wildman–Crippen LogP) is -1.12. The van der Waals surface area contributed by atoms with Crippen LogP contribution in [0.1, 0.15) is 0 Å². The fourth-order valence-corrected chi connectivity index (χ4v) is 0. The second-order valence-corrected chi connectivity index (χ2v) is 0. The first-order chi connectivity index (χ1) is 0. The van der Waals surface area contributed by atoms with Gasteiger partial charge in [-0.3, -0.25) is 0 Å². The van der Waals surface area contributed by atoms with Crippen molar-refractivity contribution in [3.63, 3.8) is 0 Å². The van der Waals surface area contributed by atoms with Crippen LogP contribution in [0, 0.1) is 0 Å². The Labute approximate surface area is 32.3 Å². The van der Waals surface area contributed by atoms with Gasteiger partial charge in [-0.1, -0.05) is 0 Å². The van der Waals surface area contributed by atoms with Gasteiger partial charge in [0.15, 0.2) is 0 Å². The van der Waals surface area contributed by atoms with Crippen LogP contribution >= 0.6 is 0 Å². The van der Waals surface area contributed by atoms with Gasteiger partial charge in [-0.15, -0.1) is 0 Å². The van der Waals surface area contributed by atoms with Crippen LogP contribution in [-0.2, 0) is 0 Å². The van der Waals surface area contributed by atoms with Crippen molar-refractivity contribution in [1.29, 1.82) is 0 Å². The molecular weight excluding hydrogens is 50.0 g/mol. The molecular formula is H2Be2O2+2. The first kappa shape index (κ1) is 681. The van der Waals surface area contributed by atoms with Gasteiger partial charge in [-0.2, -0.15) is 0 Å². The monoisotopic (exact) mass is 52.0 g/mol. The average molecular weight is 52.0 g/mol. The van der Waals surface area contributed by atoms with E-state index in [2.05, 4.69) is 0 Å². The van der Waals surface area contributed by atoms with Crippen LogP contribution in [0.5, 0.6) is 0 Å². The molecule has 0 aliphatic rings. The Morgan fingerprint density at radius 1 is 0.500 bits per heavy atom. The summed E-state index contributed by atoms with van der Waals surface area (Å²) in [5.41, 5.74) is 0. The molecule has 0 spiro atoms. The Morgan fingerprint density at radius 2 is 0.500 bits per heavy atom. The van der Waals surface area contributed by atoms with Gasteiger partial charge in [-0.25, -0.2) is 0 Å². The Morgan fingerprint density at radius 3 is 0.500 bits per heavy atom. The molecule has 0 radical (unpaired) electrons. The van der Waals surface area contributed by atoms with Crippen LogP contribution in [0.3, 0.4) is 0 Å². The number of rotatable bonds is 0. The third-order valence-electron chi connectivity index (χ3n) is 0. The summed E-state index contributed by atoms with van der Waals surface area (Å²) in [5, 5.41) is 0. The third-order valence-corrected chi connectivity index (χ3v) is 0. The van der Waals surface area contributed by atoms with E-state index >= 15 is 0 Å². The summed E-state index contributed by atoms with van der Waals surface area (Å²) in [4.78, 5) is 0. The molecule has 16 valence electrons. The molecule has 0 saturated heterocycles. The van der Waals surface area contributed by atoms with Crippen LogP contribution in [-0.4, -0.2) is 31.2 Å². The van der Waals surface area contributed by atoms with Crippen LogP contribution in [0.2, 0.25) is 0 Å². The molecule has 0 aliphatic heterocycles. The number of hydrogen-bond donors (Lipinski definition) is 0. The van der Waals surface area contributed by atoms with Crippen molar-refractivity contribution in [2.24, 2.45) is 0 Å². The van der Waals surface area contributed by atoms with Gasteiger partial charge >= 0.3 is 20.2 Å². The minimum absolute atomic E-state index is 0. The summed E-state index contributed by atoms with van der Waals surface area (Å²) < 4.78 is 0. The average Bonchev–Trinajstić information content (AvgIpc) is 0. The van der Waals surface area contributed by atoms with Crippen LogP contribution in [0.25, 0.3) is 0 Å². The summed E-state index contributed by atoms with van der Waals surface area (Å²) in [7, 11) is 0. The molecule has 0 rings (SSSR count). The van der Waals surface area contributed by atoms with E-state index in [0.29, 0.717) is 0 Å². The largest absolute Gasteiger partial charge is 2.00 e. The molecule has 4 heavy (non-hydrogen) atoms. The molecule has 0 amide bonds. The minimum Gasteiger partial charge on any atom is -0.870 e. The molecule has 0 fully saturated rings. The minimum atomic E-state index is 0. The Bertz CT molecular complexity index is 4.00. The molecule has 0 atom stereocenters. The van der Waals surface area contributed by atoms with Crippen molar-refractivity contribution in [2.75, 3.05) is 0 Å². The molecule has 0 aromatic heterocycles. The van der Waals surface area contributed by atoms with Crippen molar-refractivity contribution in [1.82, 2.24) is 0 Å². The van der Waals surface area contributed by atoms with Crippen LogP contribution in [0.15, 0.2) is 0 Å². The van der Waals surface area contributed by atoms with E-state index in [-0.39, 0.29) is 31.2 Å². The summed E-state index contributed by atoms with van der Waals surface area (Å²) in [6, 6.07) is 0. The Kier molecular flexibility index (Phi) is 42600. The van der Waals surface area contributed by atoms with Crippen molar-refractivity contribution >= 4 is 20.2 Å². The Hall–Kier alpha value is 0.258. The molecule has 4 heteroatoms. The molecule has 0 bridgehead atoms. The quantitative estimate of drug-likeness (QED) is 0.328. The van der Waals surface area contributed by atoms with E-state index in [4.69, 9.17) is 0 Å². The molecule has 0 aromatic carbocycles. The van der Waals surface area contributed by atoms with Crippen molar-refractivity contribution in [3.8, 4) is 0 Å². The second-order valence-electron chi connectivity index (χ2n) is 0. The van der Waals surface area contributed by atoms with Gasteiger partial charge in [-0.05, 0) is 0 Å². The molecule has 0 heterocycles. The zero-order chi connectivity index (χ0) is 0. The first-order valence-corrected chi connectivity index (χ1v) is 0. The summed E-state index contributed by atoms with van der Waals surface area (Å²) in [6.45, 7) is 0. The summed E-state index contributed by atoms with van der Waals surface area (Å²) in [5.74, 6) is 0. The van der Waals surface area contributed by atoms with Crippen LogP contribution < -0.4 is 0 Å². The molecule has 2 N–H and O–H groups in total. The van der Waals surface area contributed by atoms with E-state index < -0.39 is 0 Å². The first-order valence-electron chi connectivity index (χ1n) is 0. The predicted molar refractivity (Wildman–Crippen MR) is 15.4 cm³/mol. The van der Waals surface area contributed by atoms with Crippen molar-refractivity contribution in [2.45, 2.75) is 0 Å². The van der Waals surface area contributed by atoms with Gasteiger partial charge in [0.2, 0.25) is 0 Å². The van der Waals surface area contributed by atoms with Crippen LogP contribution in [0.4, 0.5) is 0 Å². The second kappa shape index (κ2) is 250. The SMILES string of the molecule is [Be+2].[Be+2].[OH-].[OH-]. The smallest absolute Gasteiger partial charge is 0.870 e. The van der Waals surface area contributed by atoms with Gasteiger partial charge in [0, 0.05) is 0 Å². The van der Waals surface area contributed by atoms with E-state index in [1.807, 2.05) is 0 Å². The zero-order valence-electron chi connectivity index (χ0n) is 2.31. The number of hydrogen-bond acceptors (Lipinski definition) is 2. The molecule has 0 saturated carbocycles. The summed E-state index contributed by atoms with van der Waals surface area (Å²) >= 11 is 0. The fraction of sp³-hybridized carbons (Fsp3) is 0. The topological polar surface area (TPSA) is 60.0 Å². The molecule has 0 aliphatic carbocycles. The fourth-order valence-electron chi connectivity index (χ4n) is 0. The van der Waals surface area contributed by atoms with E-state index in [1.54, 1.807) is 0 Å². The molecule has 0 unspecified atom stereocenters. The van der Waals surface area contributed by atoms with Gasteiger partial charge in [0.25, 0.3) is 0 Å². The maximum Gasteiger partial charge on any atom is 2.00 e. The summed E-state index contributed by atoms with van der Waals surface area (Å²) in [6.07, 6.45) is 0. The molecule has 0 aromatic rings. The van der Waals surface area contributed by atoms with E-state index in [0.717, 1.165) is 0 Å². The zero-order valence-corrected chi connectivity index (χ0v) is 2.31. The maximum absolute atomic E-state index is 0. The van der Waals surface area contributed by atoms with Crippen molar-refractivity contribution in [3.05, 3.63) is 0 Å². The van der Waals surface area contributed by atoms with Gasteiger partial charge in [0.05, 0.1) is 0 Å². The van der Waals surface area contributed by atoms with Crippen molar-refractivity contribution < 1.29 is 11.0 Å². The Balaban J connectivity index is 0. The normalized spacial score (nSPS) is 0. The van der Waals surface area contributed by atoms with E-state index in [9.17, 15) is 0 Å².